The van der Waals surface area contributed by atoms with E-state index in [1.807, 2.05) is 18.2 Å². The number of hydrogen-bond donors (Lipinski definition) is 2. The number of nitrogen functional groups attached to an aromatic ring is 1. The van der Waals surface area contributed by atoms with Crippen molar-refractivity contribution in [3.8, 4) is 0 Å². The number of nitrogens with two attached hydrogens (primary N) is 1. The summed E-state index contributed by atoms with van der Waals surface area (Å²) >= 11 is 0. The van der Waals surface area contributed by atoms with Crippen LogP contribution in [0.2, 0.25) is 0 Å². The van der Waals surface area contributed by atoms with E-state index < -0.39 is 0 Å². The summed E-state index contributed by atoms with van der Waals surface area (Å²) < 4.78 is 0. The second-order valence-corrected chi connectivity index (χ2v) is 4.59. The average molecular weight is 234 g/mol. The van der Waals surface area contributed by atoms with Crippen molar-refractivity contribution in [3.63, 3.8) is 0 Å². The maximum atomic E-state index is 12.2. The Labute approximate surface area is 101 Å². The zero-order valence-electron chi connectivity index (χ0n) is 9.97. The normalized spacial score (nSPS) is 22.2. The molecule has 92 valence electrons. The molecule has 1 saturated carbocycles. The molecule has 1 amide bonds. The molecular weight excluding hydrogens is 216 g/mol. The number of rotatable bonds is 4. The maximum absolute atomic E-state index is 12.2. The minimum atomic E-state index is -0.0544. The van der Waals surface area contributed by atoms with Gasteiger partial charge in [0, 0.05) is 12.5 Å². The second-order valence-electron chi connectivity index (χ2n) is 4.59. The van der Waals surface area contributed by atoms with Crippen molar-refractivity contribution in [1.29, 1.82) is 0 Å². The van der Waals surface area contributed by atoms with Gasteiger partial charge in [-0.15, -0.1) is 0 Å². The molecule has 1 aliphatic rings. The van der Waals surface area contributed by atoms with Crippen LogP contribution in [0.1, 0.15) is 13.3 Å². The van der Waals surface area contributed by atoms with Gasteiger partial charge in [0.05, 0.1) is 18.0 Å². The van der Waals surface area contributed by atoms with Crippen LogP contribution in [-0.2, 0) is 4.79 Å². The van der Waals surface area contributed by atoms with Crippen LogP contribution in [0.3, 0.4) is 0 Å². The number of anilines is 2. The highest BCUT2D eigenvalue weighted by molar-refractivity contribution is 5.99. The summed E-state index contributed by atoms with van der Waals surface area (Å²) in [6.07, 6.45) is 0.938. The van der Waals surface area contributed by atoms with Crippen LogP contribution in [0, 0.1) is 11.8 Å². The molecule has 3 N–H and O–H groups in total. The molecule has 0 heterocycles. The summed E-state index contributed by atoms with van der Waals surface area (Å²) in [7, 11) is 0. The summed E-state index contributed by atoms with van der Waals surface area (Å²) in [5.74, 6) is 0.624. The molecule has 4 nitrogen and oxygen atoms in total. The van der Waals surface area contributed by atoms with E-state index in [4.69, 9.17) is 10.8 Å². The molecule has 17 heavy (non-hydrogen) atoms. The summed E-state index contributed by atoms with van der Waals surface area (Å²) in [4.78, 5) is 13.8. The van der Waals surface area contributed by atoms with Crippen molar-refractivity contribution in [2.24, 2.45) is 11.8 Å². The number of carbonyl (C=O) groups is 1. The summed E-state index contributed by atoms with van der Waals surface area (Å²) in [5, 5.41) is 9.07. The SMILES string of the molecule is CC1CC1C(=O)N(CCO)c1ccccc1N. The molecule has 2 rings (SSSR count). The van der Waals surface area contributed by atoms with Gasteiger partial charge in [0.25, 0.3) is 0 Å². The predicted molar refractivity (Wildman–Crippen MR) is 67.6 cm³/mol. The van der Waals surface area contributed by atoms with Crippen LogP contribution < -0.4 is 10.6 Å². The quantitative estimate of drug-likeness (QED) is 0.770. The minimum Gasteiger partial charge on any atom is -0.397 e. The molecule has 1 fully saturated rings. The number of carbonyl (C=O) groups excluding carboxylic acids is 1. The van der Waals surface area contributed by atoms with Gasteiger partial charge >= 0.3 is 0 Å². The molecule has 2 unspecified atom stereocenters. The smallest absolute Gasteiger partial charge is 0.230 e. The van der Waals surface area contributed by atoms with Crippen LogP contribution in [0.4, 0.5) is 11.4 Å². The fourth-order valence-corrected chi connectivity index (χ4v) is 2.05. The van der Waals surface area contributed by atoms with E-state index in [0.29, 0.717) is 23.8 Å². The van der Waals surface area contributed by atoms with Crippen molar-refractivity contribution in [2.75, 3.05) is 23.8 Å². The number of amides is 1. The highest BCUT2D eigenvalue weighted by Crippen LogP contribution is 2.40. The lowest BCUT2D eigenvalue weighted by atomic mass is 10.2. The van der Waals surface area contributed by atoms with E-state index in [1.54, 1.807) is 11.0 Å². The molecule has 0 spiro atoms. The molecule has 1 aliphatic carbocycles. The Morgan fingerprint density at radius 3 is 2.71 bits per heavy atom. The summed E-state index contributed by atoms with van der Waals surface area (Å²) in [6, 6.07) is 7.26. The molecule has 0 saturated heterocycles. The monoisotopic (exact) mass is 234 g/mol. The Hall–Kier alpha value is -1.55. The number of aliphatic hydroxyl groups is 1. The van der Waals surface area contributed by atoms with E-state index in [0.717, 1.165) is 6.42 Å². The van der Waals surface area contributed by atoms with Crippen LogP contribution in [-0.4, -0.2) is 24.2 Å². The summed E-state index contributed by atoms with van der Waals surface area (Å²) in [5.41, 5.74) is 7.14. The summed E-state index contributed by atoms with van der Waals surface area (Å²) in [6.45, 7) is 2.31. The highest BCUT2D eigenvalue weighted by Gasteiger charge is 2.41. The van der Waals surface area contributed by atoms with Crippen molar-refractivity contribution in [3.05, 3.63) is 24.3 Å². The van der Waals surface area contributed by atoms with Crippen LogP contribution in [0.15, 0.2) is 24.3 Å². The molecule has 1 aromatic rings. The first-order valence-corrected chi connectivity index (χ1v) is 5.92. The van der Waals surface area contributed by atoms with E-state index in [1.165, 1.54) is 0 Å². The Morgan fingerprint density at radius 2 is 2.18 bits per heavy atom. The highest BCUT2D eigenvalue weighted by atomic mass is 16.3. The third kappa shape index (κ3) is 2.42. The molecule has 2 atom stereocenters. The molecule has 4 heteroatoms. The largest absolute Gasteiger partial charge is 0.397 e. The van der Waals surface area contributed by atoms with E-state index in [2.05, 4.69) is 6.92 Å². The molecule has 0 aliphatic heterocycles. The standard InChI is InChI=1S/C13H18N2O2/c1-9-8-10(9)13(17)15(6-7-16)12-5-3-2-4-11(12)14/h2-5,9-10,16H,6-8,14H2,1H3. The maximum Gasteiger partial charge on any atom is 0.230 e. The average Bonchev–Trinajstić information content (AvgIpc) is 3.04. The van der Waals surface area contributed by atoms with Crippen LogP contribution >= 0.6 is 0 Å². The second kappa shape index (κ2) is 4.75. The van der Waals surface area contributed by atoms with Crippen molar-refractivity contribution >= 4 is 17.3 Å². The lowest BCUT2D eigenvalue weighted by Gasteiger charge is -2.23. The fourth-order valence-electron chi connectivity index (χ4n) is 2.05. The third-order valence-corrected chi connectivity index (χ3v) is 3.24. The molecule has 0 radical (unpaired) electrons. The van der Waals surface area contributed by atoms with Crippen molar-refractivity contribution in [1.82, 2.24) is 0 Å². The number of para-hydroxylation sites is 2. The van der Waals surface area contributed by atoms with Gasteiger partial charge in [0.15, 0.2) is 0 Å². The molecule has 0 bridgehead atoms. The Kier molecular flexibility index (Phi) is 3.33. The van der Waals surface area contributed by atoms with E-state index >= 15 is 0 Å². The minimum absolute atomic E-state index is 0.0544. The number of hydrogen-bond acceptors (Lipinski definition) is 3. The Bertz CT molecular complexity index is 420. The number of nitrogens with zero attached hydrogens (tertiary/aromatic N) is 1. The van der Waals surface area contributed by atoms with Crippen LogP contribution in [0.5, 0.6) is 0 Å². The van der Waals surface area contributed by atoms with Crippen molar-refractivity contribution in [2.45, 2.75) is 13.3 Å². The third-order valence-electron chi connectivity index (χ3n) is 3.24. The molecular formula is C13H18N2O2. The first-order valence-electron chi connectivity index (χ1n) is 5.92. The zero-order valence-corrected chi connectivity index (χ0v) is 9.97. The van der Waals surface area contributed by atoms with Gasteiger partial charge in [-0.25, -0.2) is 0 Å². The first kappa shape index (κ1) is 11.9. The van der Waals surface area contributed by atoms with Gasteiger partial charge in [0.2, 0.25) is 5.91 Å². The topological polar surface area (TPSA) is 66.6 Å². The lowest BCUT2D eigenvalue weighted by molar-refractivity contribution is -0.120. The van der Waals surface area contributed by atoms with E-state index in [9.17, 15) is 4.79 Å². The number of benzene rings is 1. The van der Waals surface area contributed by atoms with Gasteiger partial charge in [-0.05, 0) is 24.5 Å². The molecule has 0 aromatic heterocycles. The molecule has 1 aromatic carbocycles. The van der Waals surface area contributed by atoms with Crippen LogP contribution in [0.25, 0.3) is 0 Å². The Morgan fingerprint density at radius 1 is 1.53 bits per heavy atom. The number of aliphatic hydroxyl groups excluding tert-OH is 1. The van der Waals surface area contributed by atoms with E-state index in [-0.39, 0.29) is 18.4 Å². The predicted octanol–water partition coefficient (Wildman–Crippen LogP) is 1.25. The fraction of sp³-hybridized carbons (Fsp3) is 0.462. The lowest BCUT2D eigenvalue weighted by Crippen LogP contribution is -2.35. The van der Waals surface area contributed by atoms with Gasteiger partial charge in [-0.3, -0.25) is 4.79 Å². The Balaban J connectivity index is 2.23. The van der Waals surface area contributed by atoms with Gasteiger partial charge in [-0.2, -0.15) is 0 Å². The van der Waals surface area contributed by atoms with Crippen molar-refractivity contribution < 1.29 is 9.90 Å². The van der Waals surface area contributed by atoms with Gasteiger partial charge in [0.1, 0.15) is 0 Å². The van der Waals surface area contributed by atoms with Gasteiger partial charge in [-0.1, -0.05) is 19.1 Å². The first-order chi connectivity index (χ1) is 8.15. The zero-order chi connectivity index (χ0) is 12.4. The van der Waals surface area contributed by atoms with Gasteiger partial charge < -0.3 is 15.7 Å².